The number of aromatic amines is 1. The fourth-order valence-corrected chi connectivity index (χ4v) is 4.97. The van der Waals surface area contributed by atoms with Gasteiger partial charge in [-0.05, 0) is 36.8 Å². The Bertz CT molecular complexity index is 1150. The number of anilines is 1. The van der Waals surface area contributed by atoms with Crippen LogP contribution in [0.3, 0.4) is 0 Å². The lowest BCUT2D eigenvalue weighted by molar-refractivity contribution is 0.241. The van der Waals surface area contributed by atoms with Gasteiger partial charge in [0.1, 0.15) is 0 Å². The smallest absolute Gasteiger partial charge is 0.255 e. The summed E-state index contributed by atoms with van der Waals surface area (Å²) in [6.07, 6.45) is 7.24. The third-order valence-electron chi connectivity index (χ3n) is 6.81. The van der Waals surface area contributed by atoms with E-state index in [0.29, 0.717) is 0 Å². The highest BCUT2D eigenvalue weighted by molar-refractivity contribution is 5.84. The van der Waals surface area contributed by atoms with Crippen LogP contribution < -0.4 is 10.5 Å². The predicted molar refractivity (Wildman–Crippen MR) is 125 cm³/mol. The molecule has 162 valence electrons. The molecule has 2 aliphatic rings. The van der Waals surface area contributed by atoms with Crippen molar-refractivity contribution < 1.29 is 0 Å². The Balaban J connectivity index is 1.39. The van der Waals surface area contributed by atoms with Crippen molar-refractivity contribution in [2.45, 2.75) is 45.8 Å². The molecule has 0 bridgehead atoms. The second-order valence-electron chi connectivity index (χ2n) is 9.06. The molecule has 0 unspecified atom stereocenters. The summed E-state index contributed by atoms with van der Waals surface area (Å²) < 4.78 is 2.26. The van der Waals surface area contributed by atoms with E-state index < -0.39 is 0 Å². The number of fused-ring (bicyclic) bond motifs is 2. The van der Waals surface area contributed by atoms with E-state index >= 15 is 0 Å². The first-order valence-corrected chi connectivity index (χ1v) is 11.4. The van der Waals surface area contributed by atoms with Gasteiger partial charge in [-0.25, -0.2) is 4.98 Å². The molecule has 0 aliphatic carbocycles. The molecule has 2 aromatic heterocycles. The lowest BCUT2D eigenvalue weighted by atomic mass is 9.99. The normalized spacial score (nSPS) is 17.8. The first-order valence-electron chi connectivity index (χ1n) is 11.4. The van der Waals surface area contributed by atoms with Crippen molar-refractivity contribution in [1.82, 2.24) is 19.4 Å². The summed E-state index contributed by atoms with van der Waals surface area (Å²) >= 11 is 0. The number of rotatable bonds is 5. The van der Waals surface area contributed by atoms with Crippen molar-refractivity contribution in [2.24, 2.45) is 5.92 Å². The van der Waals surface area contributed by atoms with Gasteiger partial charge in [-0.15, -0.1) is 6.58 Å². The van der Waals surface area contributed by atoms with Crippen LogP contribution in [0.1, 0.15) is 36.6 Å². The van der Waals surface area contributed by atoms with E-state index in [1.165, 1.54) is 16.5 Å². The fourth-order valence-electron chi connectivity index (χ4n) is 4.97. The van der Waals surface area contributed by atoms with Crippen LogP contribution in [0.15, 0.2) is 47.9 Å². The fraction of sp³-hybridized carbons (Fsp3) is 0.440. The summed E-state index contributed by atoms with van der Waals surface area (Å²) in [5.74, 6) is 1.50. The first-order chi connectivity index (χ1) is 15.1. The first kappa shape index (κ1) is 20.1. The van der Waals surface area contributed by atoms with Gasteiger partial charge in [0, 0.05) is 61.9 Å². The lowest BCUT2D eigenvalue weighted by Gasteiger charge is -2.32. The van der Waals surface area contributed by atoms with Crippen molar-refractivity contribution in [3.05, 3.63) is 70.3 Å². The summed E-state index contributed by atoms with van der Waals surface area (Å²) in [5, 5.41) is 1.29. The van der Waals surface area contributed by atoms with E-state index in [-0.39, 0.29) is 5.56 Å². The minimum atomic E-state index is 0.0425. The molecule has 0 saturated carbocycles. The number of nitrogens with one attached hydrogen (secondary N) is 1. The molecule has 0 atom stereocenters. The molecule has 6 heteroatoms. The third kappa shape index (κ3) is 3.92. The molecule has 0 radical (unpaired) electrons. The molecule has 4 heterocycles. The number of hydrogen-bond acceptors (Lipinski definition) is 4. The molecule has 0 amide bonds. The second-order valence-corrected chi connectivity index (χ2v) is 9.06. The molecule has 1 saturated heterocycles. The molecule has 3 aromatic rings. The van der Waals surface area contributed by atoms with Gasteiger partial charge in [-0.3, -0.25) is 14.7 Å². The Morgan fingerprint density at radius 3 is 2.84 bits per heavy atom. The van der Waals surface area contributed by atoms with Crippen LogP contribution in [-0.2, 0) is 26.1 Å². The average molecular weight is 418 g/mol. The average Bonchev–Trinajstić information content (AvgIpc) is 3.12. The highest BCUT2D eigenvalue weighted by atomic mass is 16.1. The summed E-state index contributed by atoms with van der Waals surface area (Å²) in [6, 6.07) is 8.55. The largest absolute Gasteiger partial charge is 0.343 e. The zero-order valence-electron chi connectivity index (χ0n) is 18.3. The SMILES string of the molecule is C=CCn1cc(CN2CCc3c(nc(N4CCC(C)CC4)[nH]c3=O)C2)c2ccccc21. The molecule has 6 nitrogen and oxygen atoms in total. The summed E-state index contributed by atoms with van der Waals surface area (Å²) in [4.78, 5) is 25.4. The number of hydrogen-bond donors (Lipinski definition) is 1. The highest BCUT2D eigenvalue weighted by Crippen LogP contribution is 2.26. The van der Waals surface area contributed by atoms with Crippen molar-refractivity contribution in [2.75, 3.05) is 24.5 Å². The number of aromatic nitrogens is 3. The zero-order valence-corrected chi connectivity index (χ0v) is 18.3. The van der Waals surface area contributed by atoms with Crippen LogP contribution >= 0.6 is 0 Å². The molecule has 1 aromatic carbocycles. The lowest BCUT2D eigenvalue weighted by Crippen LogP contribution is -2.39. The van der Waals surface area contributed by atoms with Crippen molar-refractivity contribution in [3.8, 4) is 0 Å². The van der Waals surface area contributed by atoms with E-state index in [4.69, 9.17) is 4.98 Å². The third-order valence-corrected chi connectivity index (χ3v) is 6.81. The van der Waals surface area contributed by atoms with Crippen LogP contribution in [0.4, 0.5) is 5.95 Å². The van der Waals surface area contributed by atoms with E-state index in [1.807, 2.05) is 6.08 Å². The van der Waals surface area contributed by atoms with E-state index in [9.17, 15) is 4.79 Å². The van der Waals surface area contributed by atoms with Gasteiger partial charge in [0.2, 0.25) is 5.95 Å². The monoisotopic (exact) mass is 417 g/mol. The highest BCUT2D eigenvalue weighted by Gasteiger charge is 2.24. The van der Waals surface area contributed by atoms with Gasteiger partial charge < -0.3 is 9.47 Å². The minimum Gasteiger partial charge on any atom is -0.343 e. The maximum atomic E-state index is 12.8. The van der Waals surface area contributed by atoms with Crippen LogP contribution in [0, 0.1) is 5.92 Å². The maximum Gasteiger partial charge on any atom is 0.255 e. The number of para-hydroxylation sites is 1. The van der Waals surface area contributed by atoms with Gasteiger partial charge in [0.05, 0.1) is 5.69 Å². The minimum absolute atomic E-state index is 0.0425. The zero-order chi connectivity index (χ0) is 21.4. The molecule has 1 N–H and O–H groups in total. The van der Waals surface area contributed by atoms with Gasteiger partial charge in [-0.1, -0.05) is 31.2 Å². The number of benzene rings is 1. The topological polar surface area (TPSA) is 57.2 Å². The van der Waals surface area contributed by atoms with E-state index in [0.717, 1.165) is 81.7 Å². The molecule has 31 heavy (non-hydrogen) atoms. The summed E-state index contributed by atoms with van der Waals surface area (Å²) in [7, 11) is 0. The van der Waals surface area contributed by atoms with Crippen molar-refractivity contribution in [1.29, 1.82) is 0 Å². The van der Waals surface area contributed by atoms with Gasteiger partial charge in [-0.2, -0.15) is 0 Å². The Morgan fingerprint density at radius 1 is 1.23 bits per heavy atom. The molecule has 0 spiro atoms. The van der Waals surface area contributed by atoms with Crippen molar-refractivity contribution in [3.63, 3.8) is 0 Å². The van der Waals surface area contributed by atoms with Gasteiger partial charge >= 0.3 is 0 Å². The Hall–Kier alpha value is -2.86. The van der Waals surface area contributed by atoms with Crippen LogP contribution in [0.25, 0.3) is 10.9 Å². The molecule has 2 aliphatic heterocycles. The standard InChI is InChI=1S/C25H31N5O/c1-3-11-30-16-19(20-6-4-5-7-23(20)30)15-28-12-10-21-22(17-28)26-25(27-24(21)31)29-13-8-18(2)9-14-29/h3-7,16,18H,1,8-15,17H2,2H3,(H,26,27,31). The Labute approximate surface area is 183 Å². The number of H-pyrrole nitrogens is 1. The van der Waals surface area contributed by atoms with Gasteiger partial charge in [0.25, 0.3) is 5.56 Å². The van der Waals surface area contributed by atoms with Gasteiger partial charge in [0.15, 0.2) is 0 Å². The van der Waals surface area contributed by atoms with E-state index in [2.05, 4.69) is 63.3 Å². The number of allylic oxidation sites excluding steroid dienone is 1. The molecule has 1 fully saturated rings. The Morgan fingerprint density at radius 2 is 2.03 bits per heavy atom. The maximum absolute atomic E-state index is 12.8. The molecular weight excluding hydrogens is 386 g/mol. The van der Waals surface area contributed by atoms with Crippen LogP contribution in [0.5, 0.6) is 0 Å². The second kappa shape index (κ2) is 8.35. The molecular formula is C25H31N5O. The predicted octanol–water partition coefficient (Wildman–Crippen LogP) is 3.71. The number of nitrogens with zero attached hydrogens (tertiary/aromatic N) is 4. The van der Waals surface area contributed by atoms with Crippen LogP contribution in [0.2, 0.25) is 0 Å². The van der Waals surface area contributed by atoms with E-state index in [1.54, 1.807) is 0 Å². The Kier molecular flexibility index (Phi) is 5.40. The number of piperidine rings is 1. The van der Waals surface area contributed by atoms with Crippen LogP contribution in [-0.4, -0.2) is 39.1 Å². The quantitative estimate of drug-likeness (QED) is 0.643. The summed E-state index contributed by atoms with van der Waals surface area (Å²) in [5.41, 5.74) is 4.40. The summed E-state index contributed by atoms with van der Waals surface area (Å²) in [6.45, 7) is 11.4. The molecule has 5 rings (SSSR count). The van der Waals surface area contributed by atoms with Crippen molar-refractivity contribution >= 4 is 16.9 Å².